The van der Waals surface area contributed by atoms with Crippen LogP contribution >= 0.6 is 0 Å². The summed E-state index contributed by atoms with van der Waals surface area (Å²) >= 11 is 0. The number of carbonyl (C=O) groups excluding carboxylic acids is 1. The Hall–Kier alpha value is -2.69. The fourth-order valence-corrected chi connectivity index (χ4v) is 3.17. The second kappa shape index (κ2) is 5.50. The summed E-state index contributed by atoms with van der Waals surface area (Å²) in [4.78, 5) is 13.9. The third-order valence-corrected chi connectivity index (χ3v) is 4.71. The first-order chi connectivity index (χ1) is 10.9. The number of amides is 1. The van der Waals surface area contributed by atoms with Gasteiger partial charge in [0.1, 0.15) is 6.04 Å². The van der Waals surface area contributed by atoms with Crippen molar-refractivity contribution >= 4 is 15.9 Å². The average molecular weight is 327 g/mol. The van der Waals surface area contributed by atoms with E-state index in [9.17, 15) is 18.5 Å². The van der Waals surface area contributed by atoms with Crippen molar-refractivity contribution in [3.05, 3.63) is 65.2 Å². The van der Waals surface area contributed by atoms with Crippen molar-refractivity contribution in [2.45, 2.75) is 17.5 Å². The van der Waals surface area contributed by atoms with E-state index in [1.54, 1.807) is 36.4 Å². The van der Waals surface area contributed by atoms with Crippen LogP contribution in [0, 0.1) is 11.3 Å². The summed E-state index contributed by atoms with van der Waals surface area (Å²) in [6.45, 7) is 0.219. The third-order valence-electron chi connectivity index (χ3n) is 3.79. The van der Waals surface area contributed by atoms with E-state index in [2.05, 4.69) is 6.07 Å². The molecule has 116 valence electrons. The molecule has 2 aromatic carbocycles. The molecule has 0 radical (unpaired) electrons. The quantitative estimate of drug-likeness (QED) is 0.923. The molecule has 0 bridgehead atoms. The molecule has 3 rings (SSSR count). The van der Waals surface area contributed by atoms with Crippen LogP contribution in [0.2, 0.25) is 0 Å². The SMILES string of the molecule is N#CC1c2ccccc2C(=O)N1Cc1ccc(S(N)(=O)=O)cc1. The maximum Gasteiger partial charge on any atom is 0.255 e. The van der Waals surface area contributed by atoms with E-state index >= 15 is 0 Å². The van der Waals surface area contributed by atoms with Crippen molar-refractivity contribution in [3.8, 4) is 6.07 Å². The predicted molar refractivity (Wildman–Crippen MR) is 82.5 cm³/mol. The molecule has 1 amide bonds. The van der Waals surface area contributed by atoms with Crippen molar-refractivity contribution < 1.29 is 13.2 Å². The second-order valence-corrected chi connectivity index (χ2v) is 6.80. The monoisotopic (exact) mass is 327 g/mol. The number of sulfonamides is 1. The number of rotatable bonds is 3. The zero-order chi connectivity index (χ0) is 16.6. The Morgan fingerprint density at radius 3 is 2.39 bits per heavy atom. The highest BCUT2D eigenvalue weighted by Crippen LogP contribution is 2.34. The Labute approximate surface area is 133 Å². The summed E-state index contributed by atoms with van der Waals surface area (Å²) < 4.78 is 22.5. The lowest BCUT2D eigenvalue weighted by Crippen LogP contribution is -2.26. The van der Waals surface area contributed by atoms with E-state index in [4.69, 9.17) is 5.14 Å². The normalized spacial score (nSPS) is 17.0. The molecule has 2 aromatic rings. The van der Waals surface area contributed by atoms with Gasteiger partial charge < -0.3 is 4.90 Å². The van der Waals surface area contributed by atoms with Crippen LogP contribution in [0.3, 0.4) is 0 Å². The zero-order valence-corrected chi connectivity index (χ0v) is 12.8. The fourth-order valence-electron chi connectivity index (χ4n) is 2.65. The molecule has 1 heterocycles. The van der Waals surface area contributed by atoms with Crippen LogP contribution < -0.4 is 5.14 Å². The van der Waals surface area contributed by atoms with E-state index < -0.39 is 16.1 Å². The van der Waals surface area contributed by atoms with Gasteiger partial charge in [0, 0.05) is 17.7 Å². The Bertz CT molecular complexity index is 914. The van der Waals surface area contributed by atoms with Crippen LogP contribution in [0.15, 0.2) is 53.4 Å². The summed E-state index contributed by atoms with van der Waals surface area (Å²) in [6.07, 6.45) is 0. The van der Waals surface area contributed by atoms with Gasteiger partial charge in [0.25, 0.3) is 5.91 Å². The number of nitrogens with zero attached hydrogens (tertiary/aromatic N) is 2. The number of benzene rings is 2. The number of hydrogen-bond donors (Lipinski definition) is 1. The number of fused-ring (bicyclic) bond motifs is 1. The van der Waals surface area contributed by atoms with Gasteiger partial charge in [-0.25, -0.2) is 13.6 Å². The maximum absolute atomic E-state index is 12.5. The first-order valence-corrected chi connectivity index (χ1v) is 8.37. The molecule has 1 aliphatic heterocycles. The van der Waals surface area contributed by atoms with Gasteiger partial charge in [0.2, 0.25) is 10.0 Å². The lowest BCUT2D eigenvalue weighted by Gasteiger charge is -2.20. The van der Waals surface area contributed by atoms with Gasteiger partial charge in [-0.05, 0) is 23.8 Å². The Morgan fingerprint density at radius 2 is 1.78 bits per heavy atom. The molecule has 0 aliphatic carbocycles. The molecule has 7 heteroatoms. The fraction of sp³-hybridized carbons (Fsp3) is 0.125. The van der Waals surface area contributed by atoms with Gasteiger partial charge in [-0.2, -0.15) is 5.26 Å². The number of nitriles is 1. The number of carbonyl (C=O) groups is 1. The Morgan fingerprint density at radius 1 is 1.13 bits per heavy atom. The van der Waals surface area contributed by atoms with Crippen LogP contribution in [-0.2, 0) is 16.6 Å². The highest BCUT2D eigenvalue weighted by molar-refractivity contribution is 7.89. The molecular weight excluding hydrogens is 314 g/mol. The number of nitrogens with two attached hydrogens (primary N) is 1. The van der Waals surface area contributed by atoms with E-state index in [1.807, 2.05) is 0 Å². The smallest absolute Gasteiger partial charge is 0.255 e. The number of hydrogen-bond acceptors (Lipinski definition) is 4. The van der Waals surface area contributed by atoms with E-state index in [0.29, 0.717) is 11.1 Å². The first-order valence-electron chi connectivity index (χ1n) is 6.83. The average Bonchev–Trinajstić information content (AvgIpc) is 2.79. The van der Waals surface area contributed by atoms with Gasteiger partial charge >= 0.3 is 0 Å². The van der Waals surface area contributed by atoms with Crippen LogP contribution in [0.4, 0.5) is 0 Å². The van der Waals surface area contributed by atoms with Crippen LogP contribution in [0.1, 0.15) is 27.5 Å². The molecule has 23 heavy (non-hydrogen) atoms. The second-order valence-electron chi connectivity index (χ2n) is 5.24. The van der Waals surface area contributed by atoms with Gasteiger partial charge in [-0.1, -0.05) is 30.3 Å². The molecule has 0 spiro atoms. The molecule has 1 atom stereocenters. The molecule has 1 aliphatic rings. The molecule has 6 nitrogen and oxygen atoms in total. The van der Waals surface area contributed by atoms with Gasteiger partial charge in [-0.15, -0.1) is 0 Å². The van der Waals surface area contributed by atoms with E-state index in [1.165, 1.54) is 17.0 Å². The van der Waals surface area contributed by atoms with Gasteiger partial charge in [-0.3, -0.25) is 4.79 Å². The maximum atomic E-state index is 12.5. The van der Waals surface area contributed by atoms with E-state index in [0.717, 1.165) is 5.56 Å². The summed E-state index contributed by atoms with van der Waals surface area (Å²) in [5.41, 5.74) is 1.94. The molecule has 2 N–H and O–H groups in total. The van der Waals surface area contributed by atoms with E-state index in [-0.39, 0.29) is 17.3 Å². The number of primary sulfonamides is 1. The summed E-state index contributed by atoms with van der Waals surface area (Å²) in [5, 5.41) is 14.4. The van der Waals surface area contributed by atoms with Crippen molar-refractivity contribution in [3.63, 3.8) is 0 Å². The van der Waals surface area contributed by atoms with Crippen molar-refractivity contribution in [1.82, 2.24) is 4.90 Å². The van der Waals surface area contributed by atoms with Crippen LogP contribution in [0.5, 0.6) is 0 Å². The summed E-state index contributed by atoms with van der Waals surface area (Å²) in [7, 11) is -3.75. The minimum absolute atomic E-state index is 0.00844. The molecule has 1 unspecified atom stereocenters. The first kappa shape index (κ1) is 15.2. The topological polar surface area (TPSA) is 104 Å². The molecule has 0 saturated heterocycles. The van der Waals surface area contributed by atoms with Crippen LogP contribution in [0.25, 0.3) is 0 Å². The van der Waals surface area contributed by atoms with Crippen molar-refractivity contribution in [2.75, 3.05) is 0 Å². The lowest BCUT2D eigenvalue weighted by molar-refractivity contribution is 0.0744. The predicted octanol–water partition coefficient (Wildman–Crippen LogP) is 1.55. The van der Waals surface area contributed by atoms with Crippen molar-refractivity contribution in [2.24, 2.45) is 5.14 Å². The third kappa shape index (κ3) is 2.70. The molecule has 0 fully saturated rings. The minimum Gasteiger partial charge on any atom is -0.314 e. The van der Waals surface area contributed by atoms with Crippen LogP contribution in [-0.4, -0.2) is 19.2 Å². The zero-order valence-electron chi connectivity index (χ0n) is 12.0. The highest BCUT2D eigenvalue weighted by Gasteiger charge is 2.36. The van der Waals surface area contributed by atoms with Gasteiger partial charge in [0.15, 0.2) is 0 Å². The minimum atomic E-state index is -3.75. The highest BCUT2D eigenvalue weighted by atomic mass is 32.2. The Kier molecular flexibility index (Phi) is 3.64. The Balaban J connectivity index is 1.89. The standard InChI is InChI=1S/C16H13N3O3S/c17-9-15-13-3-1-2-4-14(13)16(20)19(15)10-11-5-7-12(8-6-11)23(18,21)22/h1-8,15H,10H2,(H2,18,21,22). The molecule has 0 aromatic heterocycles. The van der Waals surface area contributed by atoms with Gasteiger partial charge in [0.05, 0.1) is 11.0 Å². The molecular formula is C16H13N3O3S. The summed E-state index contributed by atoms with van der Waals surface area (Å²) in [5.74, 6) is -0.206. The summed E-state index contributed by atoms with van der Waals surface area (Å²) in [6, 6.07) is 14.5. The molecule has 0 saturated carbocycles. The lowest BCUT2D eigenvalue weighted by atomic mass is 10.1. The largest absolute Gasteiger partial charge is 0.314 e. The van der Waals surface area contributed by atoms with Crippen molar-refractivity contribution in [1.29, 1.82) is 5.26 Å².